The highest BCUT2D eigenvalue weighted by Crippen LogP contribution is 2.38. The molecule has 0 atom stereocenters. The van der Waals surface area contributed by atoms with Crippen molar-refractivity contribution in [3.8, 4) is 0 Å². The number of urea groups is 1. The number of fused-ring (bicyclic) bond motifs is 1. The van der Waals surface area contributed by atoms with Crippen LogP contribution in [-0.2, 0) is 22.7 Å². The van der Waals surface area contributed by atoms with Gasteiger partial charge in [-0.25, -0.2) is 14.2 Å². The number of hydrogen-bond acceptors (Lipinski definition) is 5. The second kappa shape index (κ2) is 9.60. The van der Waals surface area contributed by atoms with Gasteiger partial charge in [0.2, 0.25) is 0 Å². The van der Waals surface area contributed by atoms with Crippen molar-refractivity contribution in [1.29, 1.82) is 0 Å². The van der Waals surface area contributed by atoms with E-state index in [1.54, 1.807) is 27.9 Å². The van der Waals surface area contributed by atoms with E-state index >= 15 is 4.39 Å². The maximum absolute atomic E-state index is 15.1. The van der Waals surface area contributed by atoms with E-state index in [0.717, 1.165) is 31.4 Å². The van der Waals surface area contributed by atoms with E-state index in [1.807, 2.05) is 22.8 Å². The SMILES string of the molecule is O=C1NC(=O)C(c2cnc3ccccn23)=C1c1cn2c3c(cc(F)cc13)CN(C(=O)NCC1CCNCC1)CC2. The minimum atomic E-state index is -0.535. The van der Waals surface area contributed by atoms with Crippen LogP contribution in [0.2, 0.25) is 0 Å². The number of benzene rings is 1. The molecule has 3 N–H and O–H groups in total. The summed E-state index contributed by atoms with van der Waals surface area (Å²) in [7, 11) is 0. The van der Waals surface area contributed by atoms with Gasteiger partial charge in [0.25, 0.3) is 11.8 Å². The summed E-state index contributed by atoms with van der Waals surface area (Å²) in [4.78, 5) is 45.4. The maximum Gasteiger partial charge on any atom is 0.317 e. The van der Waals surface area contributed by atoms with Crippen LogP contribution in [0.15, 0.2) is 48.9 Å². The molecule has 1 saturated heterocycles. The van der Waals surface area contributed by atoms with E-state index in [4.69, 9.17) is 0 Å². The monoisotopic (exact) mass is 541 g/mol. The van der Waals surface area contributed by atoms with E-state index in [2.05, 4.69) is 20.9 Å². The first-order valence-corrected chi connectivity index (χ1v) is 13.6. The summed E-state index contributed by atoms with van der Waals surface area (Å²) in [5, 5.41) is 9.35. The summed E-state index contributed by atoms with van der Waals surface area (Å²) in [5.74, 6) is -1.08. The predicted molar refractivity (Wildman–Crippen MR) is 146 cm³/mol. The van der Waals surface area contributed by atoms with E-state index in [1.165, 1.54) is 12.1 Å². The zero-order valence-electron chi connectivity index (χ0n) is 21.7. The van der Waals surface area contributed by atoms with E-state index in [-0.39, 0.29) is 23.7 Å². The lowest BCUT2D eigenvalue weighted by Gasteiger charge is -2.26. The fraction of sp³-hybridized carbons (Fsp3) is 0.310. The molecule has 3 aliphatic heterocycles. The highest BCUT2D eigenvalue weighted by molar-refractivity contribution is 6.49. The third-order valence-electron chi connectivity index (χ3n) is 8.15. The van der Waals surface area contributed by atoms with Crippen molar-refractivity contribution in [1.82, 2.24) is 34.8 Å². The van der Waals surface area contributed by atoms with Crippen molar-refractivity contribution in [2.75, 3.05) is 26.2 Å². The summed E-state index contributed by atoms with van der Waals surface area (Å²) in [6.45, 7) is 3.66. The summed E-state index contributed by atoms with van der Waals surface area (Å²) in [6, 6.07) is 8.15. The zero-order chi connectivity index (χ0) is 27.4. The Morgan fingerprint density at radius 1 is 1.10 bits per heavy atom. The zero-order valence-corrected chi connectivity index (χ0v) is 21.7. The van der Waals surface area contributed by atoms with E-state index in [0.29, 0.717) is 53.4 Å². The van der Waals surface area contributed by atoms with Crippen molar-refractivity contribution in [3.63, 3.8) is 0 Å². The Morgan fingerprint density at radius 3 is 2.77 bits per heavy atom. The molecule has 0 radical (unpaired) electrons. The van der Waals surface area contributed by atoms with E-state index in [9.17, 15) is 14.4 Å². The standard InChI is InChI=1S/C29H28FN7O3/c30-19-11-18-15-36(29(40)33-13-17-4-6-31-7-5-17)10-9-35-16-21(20(12-19)26(18)35)24-25(28(39)34-27(24)38)22-14-32-23-3-1-2-8-37(22)23/h1-3,8,11-12,14,16-17,31H,4-7,9-10,13,15H2,(H,33,40)(H,34,38,39). The largest absolute Gasteiger partial charge is 0.345 e. The van der Waals surface area contributed by atoms with Gasteiger partial charge in [-0.3, -0.25) is 19.3 Å². The first-order chi connectivity index (χ1) is 19.5. The topological polar surface area (TPSA) is 113 Å². The molecule has 1 aromatic carbocycles. The molecule has 10 nitrogen and oxygen atoms in total. The van der Waals surface area contributed by atoms with Gasteiger partial charge in [-0.15, -0.1) is 0 Å². The lowest BCUT2D eigenvalue weighted by Crippen LogP contribution is -2.43. The van der Waals surface area contributed by atoms with Crippen LogP contribution in [-0.4, -0.2) is 62.9 Å². The Hall–Kier alpha value is -4.51. The number of imide groups is 1. The minimum Gasteiger partial charge on any atom is -0.345 e. The van der Waals surface area contributed by atoms with Crippen LogP contribution in [0.25, 0.3) is 27.7 Å². The summed E-state index contributed by atoms with van der Waals surface area (Å²) in [5.41, 5.74) is 3.39. The quantitative estimate of drug-likeness (QED) is 0.344. The third kappa shape index (κ3) is 4.04. The number of hydrogen-bond donors (Lipinski definition) is 3. The summed E-state index contributed by atoms with van der Waals surface area (Å²) < 4.78 is 18.8. The molecule has 6 heterocycles. The van der Waals surface area contributed by atoms with Gasteiger partial charge in [0.15, 0.2) is 0 Å². The number of rotatable bonds is 4. The molecule has 40 heavy (non-hydrogen) atoms. The number of halogens is 1. The lowest BCUT2D eigenvalue weighted by molar-refractivity contribution is -0.122. The van der Waals surface area contributed by atoms with Crippen LogP contribution in [0.4, 0.5) is 9.18 Å². The van der Waals surface area contributed by atoms with Crippen LogP contribution >= 0.6 is 0 Å². The molecule has 3 aromatic heterocycles. The molecule has 4 amide bonds. The van der Waals surface area contributed by atoms with Crippen molar-refractivity contribution in [2.24, 2.45) is 5.92 Å². The van der Waals surface area contributed by atoms with Gasteiger partial charge in [-0.2, -0.15) is 0 Å². The Bertz CT molecular complexity index is 1730. The molecular formula is C29H28FN7O3. The van der Waals surface area contributed by atoms with Crippen LogP contribution in [0.5, 0.6) is 0 Å². The normalized spacial score (nSPS) is 18.1. The fourth-order valence-electron chi connectivity index (χ4n) is 6.18. The van der Waals surface area contributed by atoms with Crippen molar-refractivity contribution >= 4 is 45.5 Å². The molecule has 7 rings (SSSR count). The fourth-order valence-corrected chi connectivity index (χ4v) is 6.18. The molecule has 0 aliphatic carbocycles. The number of pyridine rings is 1. The van der Waals surface area contributed by atoms with E-state index < -0.39 is 17.6 Å². The molecular weight excluding hydrogens is 513 g/mol. The van der Waals surface area contributed by atoms with Gasteiger partial charge in [-0.05, 0) is 61.7 Å². The second-order valence-corrected chi connectivity index (χ2v) is 10.6. The summed E-state index contributed by atoms with van der Waals surface area (Å²) >= 11 is 0. The smallest absolute Gasteiger partial charge is 0.317 e. The highest BCUT2D eigenvalue weighted by atomic mass is 19.1. The molecule has 3 aliphatic rings. The number of aromatic nitrogens is 3. The number of carbonyl (C=O) groups excluding carboxylic acids is 3. The van der Waals surface area contributed by atoms with Crippen LogP contribution in [0, 0.1) is 11.7 Å². The second-order valence-electron chi connectivity index (χ2n) is 10.6. The molecule has 0 saturated carbocycles. The average Bonchev–Trinajstić information content (AvgIpc) is 3.58. The van der Waals surface area contributed by atoms with Crippen molar-refractivity contribution in [3.05, 3.63) is 71.6 Å². The highest BCUT2D eigenvalue weighted by Gasteiger charge is 2.36. The third-order valence-corrected chi connectivity index (χ3v) is 8.15. The Kier molecular flexibility index (Phi) is 5.88. The van der Waals surface area contributed by atoms with Gasteiger partial charge in [-0.1, -0.05) is 6.07 Å². The molecule has 4 aromatic rings. The maximum atomic E-state index is 15.1. The number of imidazole rings is 1. The van der Waals surface area contributed by atoms with Gasteiger partial charge in [0.1, 0.15) is 11.5 Å². The molecule has 0 spiro atoms. The number of nitrogens with one attached hydrogen (secondary N) is 3. The lowest BCUT2D eigenvalue weighted by atomic mass is 9.98. The average molecular weight is 542 g/mol. The molecule has 11 heteroatoms. The Morgan fingerprint density at radius 2 is 1.93 bits per heavy atom. The van der Waals surface area contributed by atoms with Crippen LogP contribution in [0.3, 0.4) is 0 Å². The van der Waals surface area contributed by atoms with Crippen LogP contribution in [0.1, 0.15) is 29.7 Å². The first-order valence-electron chi connectivity index (χ1n) is 13.6. The number of nitrogens with zero attached hydrogens (tertiary/aromatic N) is 4. The predicted octanol–water partition coefficient (Wildman–Crippen LogP) is 2.52. The van der Waals surface area contributed by atoms with Gasteiger partial charge >= 0.3 is 6.03 Å². The van der Waals surface area contributed by atoms with Crippen LogP contribution < -0.4 is 16.0 Å². The molecule has 204 valence electrons. The Balaban J connectivity index is 1.27. The Labute approximate surface area is 228 Å². The number of amides is 4. The van der Waals surface area contributed by atoms with Gasteiger partial charge < -0.3 is 20.1 Å². The molecule has 0 unspecified atom stereocenters. The van der Waals surface area contributed by atoms with Crippen molar-refractivity contribution < 1.29 is 18.8 Å². The van der Waals surface area contributed by atoms with Crippen molar-refractivity contribution in [2.45, 2.75) is 25.9 Å². The van der Waals surface area contributed by atoms with Gasteiger partial charge in [0, 0.05) is 49.5 Å². The number of carbonyl (C=O) groups is 3. The first kappa shape index (κ1) is 24.5. The molecule has 1 fully saturated rings. The number of piperidine rings is 1. The van der Waals surface area contributed by atoms with Gasteiger partial charge in [0.05, 0.1) is 28.6 Å². The molecule has 0 bridgehead atoms. The summed E-state index contributed by atoms with van der Waals surface area (Å²) in [6.07, 6.45) is 7.20. The minimum absolute atomic E-state index is 0.166.